The molecule has 3 rings (SSSR count). The van der Waals surface area contributed by atoms with E-state index in [0.29, 0.717) is 32.1 Å². The number of methoxy groups -OCH3 is 2. The third-order valence-electron chi connectivity index (χ3n) is 5.12. The molecule has 0 aliphatic carbocycles. The van der Waals surface area contributed by atoms with Crippen LogP contribution in [-0.2, 0) is 39.0 Å². The molecule has 1 aromatic heterocycles. The number of nitrogens with one attached hydrogen (secondary N) is 1. The summed E-state index contributed by atoms with van der Waals surface area (Å²) in [4.78, 5) is 27.5. The highest BCUT2D eigenvalue weighted by molar-refractivity contribution is 5.87. The molecule has 9 nitrogen and oxygen atoms in total. The van der Waals surface area contributed by atoms with Gasteiger partial charge in [-0.25, -0.2) is 4.79 Å². The fraction of sp³-hybridized carbons (Fsp3) is 0.684. The van der Waals surface area contributed by atoms with Crippen LogP contribution in [0.3, 0.4) is 0 Å². The molecule has 0 radical (unpaired) electrons. The van der Waals surface area contributed by atoms with Crippen LogP contribution in [0.15, 0.2) is 12.1 Å². The minimum absolute atomic E-state index is 0.0945. The number of carbonyl (C=O) groups is 2. The highest BCUT2D eigenvalue weighted by atomic mass is 16.7. The predicted octanol–water partition coefficient (Wildman–Crippen LogP) is 1.72. The number of carbonyl (C=O) groups excluding carboxylic acids is 2. The predicted molar refractivity (Wildman–Crippen MR) is 95.4 cm³/mol. The lowest BCUT2D eigenvalue weighted by Crippen LogP contribution is -2.52. The van der Waals surface area contributed by atoms with E-state index in [-0.39, 0.29) is 12.1 Å². The normalized spacial score (nSPS) is 22.2. The highest BCUT2D eigenvalue weighted by Crippen LogP contribution is 2.42. The Morgan fingerprint density at radius 3 is 2.21 bits per heavy atom. The molecule has 0 spiro atoms. The van der Waals surface area contributed by atoms with Crippen LogP contribution in [0.2, 0.25) is 0 Å². The monoisotopic (exact) mass is 397 g/mol. The molecule has 2 fully saturated rings. The molecule has 3 heterocycles. The Hall–Kier alpha value is -1.94. The second-order valence-corrected chi connectivity index (χ2v) is 6.93. The van der Waals surface area contributed by atoms with Gasteiger partial charge in [-0.3, -0.25) is 4.79 Å². The molecule has 0 aromatic carbocycles. The molecular weight excluding hydrogens is 370 g/mol. The third kappa shape index (κ3) is 4.07. The fourth-order valence-corrected chi connectivity index (χ4v) is 3.55. The van der Waals surface area contributed by atoms with E-state index in [9.17, 15) is 9.59 Å². The van der Waals surface area contributed by atoms with Gasteiger partial charge in [-0.2, -0.15) is 0 Å². The van der Waals surface area contributed by atoms with Gasteiger partial charge in [-0.05, 0) is 31.9 Å². The first kappa shape index (κ1) is 20.8. The van der Waals surface area contributed by atoms with Crippen LogP contribution < -0.4 is 0 Å². The van der Waals surface area contributed by atoms with Crippen molar-refractivity contribution in [3.8, 4) is 0 Å². The molecule has 1 N–H and O–H groups in total. The van der Waals surface area contributed by atoms with Crippen molar-refractivity contribution < 1.29 is 38.0 Å². The van der Waals surface area contributed by atoms with Crippen molar-refractivity contribution in [3.05, 3.63) is 23.5 Å². The van der Waals surface area contributed by atoms with Crippen LogP contribution >= 0.6 is 0 Å². The number of hydrogen-bond donors (Lipinski definition) is 1. The minimum Gasteiger partial charge on any atom is -0.469 e. The second-order valence-electron chi connectivity index (χ2n) is 6.93. The zero-order valence-corrected chi connectivity index (χ0v) is 16.4. The van der Waals surface area contributed by atoms with Gasteiger partial charge < -0.3 is 33.4 Å². The lowest BCUT2D eigenvalue weighted by molar-refractivity contribution is -0.322. The number of aromatic amines is 1. The zero-order valence-electron chi connectivity index (χ0n) is 16.4. The Morgan fingerprint density at radius 2 is 1.64 bits per heavy atom. The number of ether oxygens (including phenoxy) is 6. The largest absolute Gasteiger partial charge is 0.469 e. The van der Waals surface area contributed by atoms with Crippen LogP contribution in [0.25, 0.3) is 0 Å². The van der Waals surface area contributed by atoms with E-state index in [0.717, 1.165) is 12.8 Å². The summed E-state index contributed by atoms with van der Waals surface area (Å²) in [6.07, 6.45) is 1.57. The van der Waals surface area contributed by atoms with Crippen molar-refractivity contribution in [1.82, 2.24) is 4.98 Å². The van der Waals surface area contributed by atoms with Crippen molar-refractivity contribution in [2.24, 2.45) is 5.92 Å². The standard InChI is InChI=1S/C19H27NO8/c1-18(25-8-4-9-26-18)13(16(21)23-2)12-19(27-10-5-11-28-19)15-7-6-14(20-15)17(22)24-3/h6-7,13,20H,4-5,8-12H2,1-3H3. The Morgan fingerprint density at radius 1 is 1.04 bits per heavy atom. The van der Waals surface area contributed by atoms with Crippen molar-refractivity contribution in [3.63, 3.8) is 0 Å². The molecule has 0 saturated carbocycles. The molecule has 0 bridgehead atoms. The summed E-state index contributed by atoms with van der Waals surface area (Å²) in [5, 5.41) is 0. The van der Waals surface area contributed by atoms with Crippen LogP contribution in [0, 0.1) is 5.92 Å². The molecule has 1 unspecified atom stereocenters. The highest BCUT2D eigenvalue weighted by Gasteiger charge is 2.51. The molecule has 0 amide bonds. The number of H-pyrrole nitrogens is 1. The lowest BCUT2D eigenvalue weighted by atomic mass is 9.89. The molecule has 2 saturated heterocycles. The Balaban J connectivity index is 1.94. The Kier molecular flexibility index (Phi) is 6.39. The molecule has 9 heteroatoms. The molecule has 2 aliphatic heterocycles. The smallest absolute Gasteiger partial charge is 0.354 e. The van der Waals surface area contributed by atoms with Crippen molar-refractivity contribution in [2.75, 3.05) is 40.6 Å². The van der Waals surface area contributed by atoms with E-state index < -0.39 is 29.4 Å². The first-order chi connectivity index (χ1) is 13.4. The van der Waals surface area contributed by atoms with Gasteiger partial charge in [0.25, 0.3) is 0 Å². The quantitative estimate of drug-likeness (QED) is 0.724. The van der Waals surface area contributed by atoms with E-state index >= 15 is 0 Å². The van der Waals surface area contributed by atoms with Crippen LogP contribution in [0.4, 0.5) is 0 Å². The first-order valence-electron chi connectivity index (χ1n) is 9.35. The number of esters is 2. The average Bonchev–Trinajstić information content (AvgIpc) is 3.23. The summed E-state index contributed by atoms with van der Waals surface area (Å²) >= 11 is 0. The van der Waals surface area contributed by atoms with Crippen molar-refractivity contribution in [1.29, 1.82) is 0 Å². The van der Waals surface area contributed by atoms with Crippen LogP contribution in [-0.4, -0.2) is 63.4 Å². The van der Waals surface area contributed by atoms with E-state index in [1.165, 1.54) is 14.2 Å². The number of aromatic nitrogens is 1. The van der Waals surface area contributed by atoms with Gasteiger partial charge in [0.05, 0.1) is 46.3 Å². The number of hydrogen-bond acceptors (Lipinski definition) is 8. The summed E-state index contributed by atoms with van der Waals surface area (Å²) in [6, 6.07) is 3.28. The maximum absolute atomic E-state index is 12.6. The third-order valence-corrected chi connectivity index (χ3v) is 5.12. The van der Waals surface area contributed by atoms with Gasteiger partial charge in [-0.1, -0.05) is 0 Å². The molecule has 156 valence electrons. The molecule has 28 heavy (non-hydrogen) atoms. The zero-order chi connectivity index (χ0) is 20.2. The topological polar surface area (TPSA) is 105 Å². The van der Waals surface area contributed by atoms with Crippen LogP contribution in [0.5, 0.6) is 0 Å². The van der Waals surface area contributed by atoms with Gasteiger partial charge in [0.15, 0.2) is 5.79 Å². The van der Waals surface area contributed by atoms with Gasteiger partial charge >= 0.3 is 11.9 Å². The summed E-state index contributed by atoms with van der Waals surface area (Å²) in [7, 11) is 2.62. The van der Waals surface area contributed by atoms with Crippen molar-refractivity contribution >= 4 is 11.9 Å². The Labute approximate surface area is 163 Å². The van der Waals surface area contributed by atoms with Crippen molar-refractivity contribution in [2.45, 2.75) is 37.8 Å². The number of rotatable bonds is 6. The van der Waals surface area contributed by atoms with Gasteiger partial charge in [-0.15, -0.1) is 0 Å². The average molecular weight is 397 g/mol. The van der Waals surface area contributed by atoms with Gasteiger partial charge in [0.2, 0.25) is 5.79 Å². The Bertz CT molecular complexity index is 688. The second kappa shape index (κ2) is 8.60. The van der Waals surface area contributed by atoms with Crippen LogP contribution in [0.1, 0.15) is 42.4 Å². The van der Waals surface area contributed by atoms with Gasteiger partial charge in [0.1, 0.15) is 11.6 Å². The van der Waals surface area contributed by atoms with E-state index in [1.807, 2.05) is 0 Å². The SMILES string of the molecule is COC(=O)c1ccc(C2(CC(C(=O)OC)C3(C)OCCCO3)OCCCO2)[nH]1. The summed E-state index contributed by atoms with van der Waals surface area (Å²) in [5.41, 5.74) is 0.779. The first-order valence-corrected chi connectivity index (χ1v) is 9.35. The van der Waals surface area contributed by atoms with Gasteiger partial charge in [0, 0.05) is 6.42 Å². The van der Waals surface area contributed by atoms with E-state index in [1.54, 1.807) is 19.1 Å². The fourth-order valence-electron chi connectivity index (χ4n) is 3.55. The molecular formula is C19H27NO8. The minimum atomic E-state index is -1.27. The van der Waals surface area contributed by atoms with E-state index in [2.05, 4.69) is 4.98 Å². The summed E-state index contributed by atoms with van der Waals surface area (Å²) in [6.45, 7) is 3.57. The molecule has 1 atom stereocenters. The molecule has 1 aromatic rings. The maximum atomic E-state index is 12.6. The lowest BCUT2D eigenvalue weighted by Gasteiger charge is -2.44. The molecule has 2 aliphatic rings. The summed E-state index contributed by atoms with van der Waals surface area (Å²) in [5.74, 6) is -4.23. The van der Waals surface area contributed by atoms with E-state index in [4.69, 9.17) is 28.4 Å². The summed E-state index contributed by atoms with van der Waals surface area (Å²) < 4.78 is 33.4. The maximum Gasteiger partial charge on any atom is 0.354 e.